The molecule has 1 aromatic rings. The Bertz CT molecular complexity index is 531. The van der Waals surface area contributed by atoms with Crippen molar-refractivity contribution in [1.29, 1.82) is 0 Å². The van der Waals surface area contributed by atoms with Crippen LogP contribution < -0.4 is 5.32 Å². The van der Waals surface area contributed by atoms with E-state index in [1.165, 1.54) is 19.3 Å². The highest BCUT2D eigenvalue weighted by Crippen LogP contribution is 2.45. The van der Waals surface area contributed by atoms with Gasteiger partial charge in [0.05, 0.1) is 11.5 Å². The number of piperidine rings is 1. The van der Waals surface area contributed by atoms with Gasteiger partial charge in [0.25, 0.3) is 0 Å². The van der Waals surface area contributed by atoms with Crippen molar-refractivity contribution in [3.05, 3.63) is 12.7 Å². The van der Waals surface area contributed by atoms with Crippen LogP contribution in [0.2, 0.25) is 0 Å². The molecule has 1 aliphatic carbocycles. The second kappa shape index (κ2) is 5.65. The van der Waals surface area contributed by atoms with Crippen LogP contribution >= 0.6 is 0 Å². The molecule has 120 valence electrons. The molecule has 2 saturated heterocycles. The smallest absolute Gasteiger partial charge is 0.230 e. The Kier molecular flexibility index (Phi) is 3.64. The lowest BCUT2D eigenvalue weighted by Gasteiger charge is -2.43. The molecule has 6 nitrogen and oxygen atoms in total. The van der Waals surface area contributed by atoms with E-state index in [-0.39, 0.29) is 11.5 Å². The average Bonchev–Trinajstić information content (AvgIpc) is 3.24. The van der Waals surface area contributed by atoms with Crippen LogP contribution in [0.4, 0.5) is 0 Å². The SMILES string of the molecule is O=C(N1CCCC(n2cncn2)C1)[C@@]12CCCC[C@H]1CNC2. The van der Waals surface area contributed by atoms with Gasteiger partial charge in [0.2, 0.25) is 5.91 Å². The highest BCUT2D eigenvalue weighted by molar-refractivity contribution is 5.84. The molecule has 4 rings (SSSR count). The van der Waals surface area contributed by atoms with Crippen LogP contribution in [0.3, 0.4) is 0 Å². The Morgan fingerprint density at radius 1 is 1.27 bits per heavy atom. The minimum atomic E-state index is -0.123. The van der Waals surface area contributed by atoms with Gasteiger partial charge >= 0.3 is 0 Å². The first-order valence-corrected chi connectivity index (χ1v) is 8.64. The molecule has 1 N–H and O–H groups in total. The average molecular weight is 303 g/mol. The lowest BCUT2D eigenvalue weighted by Crippen LogP contribution is -2.52. The Morgan fingerprint density at radius 2 is 2.23 bits per heavy atom. The number of hydrogen-bond acceptors (Lipinski definition) is 4. The molecule has 0 bridgehead atoms. The summed E-state index contributed by atoms with van der Waals surface area (Å²) in [7, 11) is 0. The van der Waals surface area contributed by atoms with Crippen LogP contribution in [-0.2, 0) is 4.79 Å². The molecule has 3 aliphatic rings. The summed E-state index contributed by atoms with van der Waals surface area (Å²) in [4.78, 5) is 19.5. The van der Waals surface area contributed by atoms with E-state index in [0.717, 1.165) is 45.4 Å². The monoisotopic (exact) mass is 303 g/mol. The van der Waals surface area contributed by atoms with Crippen LogP contribution in [0, 0.1) is 11.3 Å². The molecule has 1 unspecified atom stereocenters. The molecule has 1 saturated carbocycles. The Hall–Kier alpha value is -1.43. The number of hydrogen-bond donors (Lipinski definition) is 1. The van der Waals surface area contributed by atoms with Crippen molar-refractivity contribution in [1.82, 2.24) is 25.0 Å². The summed E-state index contributed by atoms with van der Waals surface area (Å²) in [6, 6.07) is 0.285. The Morgan fingerprint density at radius 3 is 3.09 bits per heavy atom. The van der Waals surface area contributed by atoms with Gasteiger partial charge in [-0.1, -0.05) is 12.8 Å². The van der Waals surface area contributed by atoms with Crippen molar-refractivity contribution in [2.45, 2.75) is 44.6 Å². The highest BCUT2D eigenvalue weighted by atomic mass is 16.2. The maximum Gasteiger partial charge on any atom is 0.230 e. The summed E-state index contributed by atoms with van der Waals surface area (Å²) in [5.41, 5.74) is -0.123. The summed E-state index contributed by atoms with van der Waals surface area (Å²) in [6.07, 6.45) is 10.3. The third kappa shape index (κ3) is 2.24. The minimum absolute atomic E-state index is 0.123. The fraction of sp³-hybridized carbons (Fsp3) is 0.812. The zero-order valence-corrected chi connectivity index (χ0v) is 13.1. The van der Waals surface area contributed by atoms with Gasteiger partial charge < -0.3 is 10.2 Å². The molecule has 0 aromatic carbocycles. The molecule has 3 heterocycles. The van der Waals surface area contributed by atoms with Gasteiger partial charge in [-0.05, 0) is 38.1 Å². The van der Waals surface area contributed by atoms with Gasteiger partial charge in [-0.25, -0.2) is 9.67 Å². The number of carbonyl (C=O) groups excluding carboxylic acids is 1. The van der Waals surface area contributed by atoms with E-state index >= 15 is 0 Å². The normalized spacial score (nSPS) is 35.4. The van der Waals surface area contributed by atoms with Crippen molar-refractivity contribution in [3.63, 3.8) is 0 Å². The van der Waals surface area contributed by atoms with Gasteiger partial charge in [0, 0.05) is 19.6 Å². The van der Waals surface area contributed by atoms with Gasteiger partial charge in [0.1, 0.15) is 12.7 Å². The second-order valence-electron chi connectivity index (χ2n) is 7.15. The topological polar surface area (TPSA) is 63.1 Å². The van der Waals surface area contributed by atoms with Crippen LogP contribution in [0.5, 0.6) is 0 Å². The van der Waals surface area contributed by atoms with Gasteiger partial charge in [-0.2, -0.15) is 5.10 Å². The first-order chi connectivity index (χ1) is 10.8. The summed E-state index contributed by atoms with van der Waals surface area (Å²) in [6.45, 7) is 3.59. The number of nitrogens with zero attached hydrogens (tertiary/aromatic N) is 4. The molecular weight excluding hydrogens is 278 g/mol. The fourth-order valence-corrected chi connectivity index (χ4v) is 4.74. The maximum absolute atomic E-state index is 13.3. The van der Waals surface area contributed by atoms with Crippen molar-refractivity contribution in [2.24, 2.45) is 11.3 Å². The van der Waals surface area contributed by atoms with Crippen LogP contribution in [0.15, 0.2) is 12.7 Å². The fourth-order valence-electron chi connectivity index (χ4n) is 4.74. The van der Waals surface area contributed by atoms with E-state index in [4.69, 9.17) is 0 Å². The molecule has 1 amide bonds. The van der Waals surface area contributed by atoms with E-state index in [2.05, 4.69) is 20.3 Å². The minimum Gasteiger partial charge on any atom is -0.340 e. The zero-order valence-electron chi connectivity index (χ0n) is 13.1. The van der Waals surface area contributed by atoms with Crippen molar-refractivity contribution in [3.8, 4) is 0 Å². The van der Waals surface area contributed by atoms with Crippen LogP contribution in [-0.4, -0.2) is 51.8 Å². The number of likely N-dealkylation sites (tertiary alicyclic amines) is 1. The number of rotatable bonds is 2. The lowest BCUT2D eigenvalue weighted by molar-refractivity contribution is -0.147. The third-order valence-electron chi connectivity index (χ3n) is 5.96. The Balaban J connectivity index is 1.52. The summed E-state index contributed by atoms with van der Waals surface area (Å²) < 4.78 is 1.92. The summed E-state index contributed by atoms with van der Waals surface area (Å²) >= 11 is 0. The second-order valence-corrected chi connectivity index (χ2v) is 7.15. The number of amides is 1. The predicted octanol–water partition coefficient (Wildman–Crippen LogP) is 1.22. The third-order valence-corrected chi connectivity index (χ3v) is 5.96. The lowest BCUT2D eigenvalue weighted by atomic mass is 9.67. The maximum atomic E-state index is 13.3. The summed E-state index contributed by atoms with van der Waals surface area (Å²) in [5, 5.41) is 7.76. The van der Waals surface area contributed by atoms with Gasteiger partial charge in [-0.15, -0.1) is 0 Å². The van der Waals surface area contributed by atoms with E-state index in [0.29, 0.717) is 11.8 Å². The molecule has 2 aliphatic heterocycles. The van der Waals surface area contributed by atoms with Crippen molar-refractivity contribution >= 4 is 5.91 Å². The van der Waals surface area contributed by atoms with Crippen LogP contribution in [0.1, 0.15) is 44.6 Å². The zero-order chi connectivity index (χ0) is 15.0. The van der Waals surface area contributed by atoms with Gasteiger partial charge in [-0.3, -0.25) is 4.79 Å². The molecule has 0 spiro atoms. The largest absolute Gasteiger partial charge is 0.340 e. The van der Waals surface area contributed by atoms with Crippen molar-refractivity contribution in [2.75, 3.05) is 26.2 Å². The quantitative estimate of drug-likeness (QED) is 0.892. The first kappa shape index (κ1) is 14.2. The molecular formula is C16H25N5O. The van der Waals surface area contributed by atoms with Crippen LogP contribution in [0.25, 0.3) is 0 Å². The predicted molar refractivity (Wildman–Crippen MR) is 82.1 cm³/mol. The standard InChI is InChI=1S/C16H25N5O/c22-15(16-6-2-1-4-13(16)8-17-10-16)20-7-3-5-14(9-20)21-12-18-11-19-21/h11-14,17H,1-10H2/t13-,14?,16+/m0/s1. The number of aromatic nitrogens is 3. The molecule has 0 radical (unpaired) electrons. The summed E-state index contributed by atoms with van der Waals surface area (Å²) in [5.74, 6) is 0.938. The molecule has 3 atom stereocenters. The van der Waals surface area contributed by atoms with E-state index in [1.807, 2.05) is 4.68 Å². The van der Waals surface area contributed by atoms with Gasteiger partial charge in [0.15, 0.2) is 0 Å². The molecule has 22 heavy (non-hydrogen) atoms. The van der Waals surface area contributed by atoms with Crippen molar-refractivity contribution < 1.29 is 4.79 Å². The van der Waals surface area contributed by atoms with E-state index < -0.39 is 0 Å². The van der Waals surface area contributed by atoms with E-state index in [1.54, 1.807) is 12.7 Å². The number of nitrogens with one attached hydrogen (secondary N) is 1. The number of fused-ring (bicyclic) bond motifs is 1. The first-order valence-electron chi connectivity index (χ1n) is 8.64. The Labute approximate surface area is 131 Å². The molecule has 1 aromatic heterocycles. The number of carbonyl (C=O) groups is 1. The van der Waals surface area contributed by atoms with E-state index in [9.17, 15) is 4.79 Å². The molecule has 6 heteroatoms. The molecule has 3 fully saturated rings. The highest BCUT2D eigenvalue weighted by Gasteiger charge is 2.51.